The predicted octanol–water partition coefficient (Wildman–Crippen LogP) is 1.12. The van der Waals surface area contributed by atoms with Gasteiger partial charge in [0.15, 0.2) is 0 Å². The standard InChI is InChI=1S/C14H24N2O4/c1-9-4-10(2)6-16(5-9)14(19)15(3)12-8-20-7-11(12)13(17)18/h9-12H,4-8H2,1-3H3,(H,17,18). The van der Waals surface area contributed by atoms with Crippen LogP contribution in [0.2, 0.25) is 0 Å². The average Bonchev–Trinajstić information content (AvgIpc) is 2.85. The van der Waals surface area contributed by atoms with Crippen molar-refractivity contribution in [3.63, 3.8) is 0 Å². The van der Waals surface area contributed by atoms with Crippen LogP contribution in [0.15, 0.2) is 0 Å². The lowest BCUT2D eigenvalue weighted by Gasteiger charge is -2.39. The fourth-order valence-corrected chi connectivity index (χ4v) is 3.34. The van der Waals surface area contributed by atoms with Gasteiger partial charge in [-0.2, -0.15) is 0 Å². The number of ether oxygens (including phenoxy) is 1. The molecule has 2 fully saturated rings. The summed E-state index contributed by atoms with van der Waals surface area (Å²) in [5, 5.41) is 9.18. The molecule has 6 heteroatoms. The van der Waals surface area contributed by atoms with E-state index in [2.05, 4.69) is 13.8 Å². The van der Waals surface area contributed by atoms with Crippen LogP contribution < -0.4 is 0 Å². The van der Waals surface area contributed by atoms with Gasteiger partial charge in [-0.15, -0.1) is 0 Å². The Hall–Kier alpha value is -1.30. The number of carbonyl (C=O) groups excluding carboxylic acids is 1. The van der Waals surface area contributed by atoms with Crippen LogP contribution in [-0.2, 0) is 9.53 Å². The van der Waals surface area contributed by atoms with Gasteiger partial charge in [-0.3, -0.25) is 4.79 Å². The van der Waals surface area contributed by atoms with Crippen LogP contribution in [0.25, 0.3) is 0 Å². The SMILES string of the molecule is CC1CC(C)CN(C(=O)N(C)C2COCC2C(=O)O)C1. The molecular formula is C14H24N2O4. The molecule has 2 rings (SSSR count). The van der Waals surface area contributed by atoms with E-state index in [4.69, 9.17) is 4.74 Å². The van der Waals surface area contributed by atoms with Crippen molar-refractivity contribution in [2.75, 3.05) is 33.4 Å². The van der Waals surface area contributed by atoms with Crippen LogP contribution in [0.5, 0.6) is 0 Å². The second-order valence-electron chi connectivity index (χ2n) is 6.29. The third kappa shape index (κ3) is 3.06. The van der Waals surface area contributed by atoms with E-state index in [1.54, 1.807) is 11.9 Å². The molecule has 0 aliphatic carbocycles. The Balaban J connectivity index is 2.02. The van der Waals surface area contributed by atoms with Crippen molar-refractivity contribution in [2.24, 2.45) is 17.8 Å². The van der Waals surface area contributed by atoms with Crippen molar-refractivity contribution in [3.05, 3.63) is 0 Å². The molecule has 6 nitrogen and oxygen atoms in total. The molecular weight excluding hydrogens is 260 g/mol. The molecule has 0 bridgehead atoms. The van der Waals surface area contributed by atoms with E-state index in [0.29, 0.717) is 18.4 Å². The first-order valence-corrected chi connectivity index (χ1v) is 7.22. The van der Waals surface area contributed by atoms with Gasteiger partial charge in [0.1, 0.15) is 5.92 Å². The molecule has 2 amide bonds. The lowest BCUT2D eigenvalue weighted by molar-refractivity contribution is -0.142. The van der Waals surface area contributed by atoms with Gasteiger partial charge < -0.3 is 19.6 Å². The van der Waals surface area contributed by atoms with Gasteiger partial charge in [-0.25, -0.2) is 4.79 Å². The summed E-state index contributed by atoms with van der Waals surface area (Å²) in [5.74, 6) is -0.534. The van der Waals surface area contributed by atoms with Crippen LogP contribution >= 0.6 is 0 Å². The largest absolute Gasteiger partial charge is 0.481 e. The Kier molecular flexibility index (Phi) is 4.52. The minimum atomic E-state index is -0.896. The summed E-state index contributed by atoms with van der Waals surface area (Å²) in [4.78, 5) is 27.1. The number of likely N-dealkylation sites (tertiary alicyclic amines) is 1. The van der Waals surface area contributed by atoms with Crippen molar-refractivity contribution >= 4 is 12.0 Å². The highest BCUT2D eigenvalue weighted by molar-refractivity contribution is 5.77. The van der Waals surface area contributed by atoms with E-state index in [1.165, 1.54) is 0 Å². The first-order valence-electron chi connectivity index (χ1n) is 7.22. The fourth-order valence-electron chi connectivity index (χ4n) is 3.34. The van der Waals surface area contributed by atoms with Gasteiger partial charge >= 0.3 is 12.0 Å². The maximum atomic E-state index is 12.5. The van der Waals surface area contributed by atoms with Crippen LogP contribution in [0.4, 0.5) is 4.79 Å². The number of carbonyl (C=O) groups is 2. The van der Waals surface area contributed by atoms with Crippen molar-refractivity contribution in [1.29, 1.82) is 0 Å². The summed E-state index contributed by atoms with van der Waals surface area (Å²) in [6, 6.07) is -0.447. The smallest absolute Gasteiger partial charge is 0.320 e. The summed E-state index contributed by atoms with van der Waals surface area (Å²) < 4.78 is 5.24. The normalized spacial score (nSPS) is 34.0. The summed E-state index contributed by atoms with van der Waals surface area (Å²) >= 11 is 0. The molecule has 2 aliphatic rings. The molecule has 4 atom stereocenters. The van der Waals surface area contributed by atoms with E-state index in [-0.39, 0.29) is 18.7 Å². The molecule has 114 valence electrons. The number of carboxylic acid groups (broad SMARTS) is 1. The van der Waals surface area contributed by atoms with Gasteiger partial charge in [-0.05, 0) is 18.3 Å². The number of nitrogens with zero attached hydrogens (tertiary/aromatic N) is 2. The maximum absolute atomic E-state index is 12.5. The Morgan fingerprint density at radius 2 is 1.80 bits per heavy atom. The van der Waals surface area contributed by atoms with Crippen molar-refractivity contribution < 1.29 is 19.4 Å². The molecule has 0 saturated carbocycles. The van der Waals surface area contributed by atoms with E-state index in [1.807, 2.05) is 4.90 Å². The van der Waals surface area contributed by atoms with E-state index >= 15 is 0 Å². The molecule has 0 aromatic rings. The summed E-state index contributed by atoms with van der Waals surface area (Å²) in [7, 11) is 1.68. The third-order valence-electron chi connectivity index (χ3n) is 4.31. The number of rotatable bonds is 2. The first-order chi connectivity index (χ1) is 9.40. The highest BCUT2D eigenvalue weighted by Gasteiger charge is 2.40. The number of piperidine rings is 1. The van der Waals surface area contributed by atoms with Gasteiger partial charge in [-0.1, -0.05) is 13.8 Å². The van der Waals surface area contributed by atoms with Crippen LogP contribution in [0.1, 0.15) is 20.3 Å². The number of carboxylic acids is 1. The fraction of sp³-hybridized carbons (Fsp3) is 0.857. The molecule has 0 aromatic heterocycles. The number of amides is 2. The quantitative estimate of drug-likeness (QED) is 0.825. The van der Waals surface area contributed by atoms with E-state index < -0.39 is 11.9 Å². The summed E-state index contributed by atoms with van der Waals surface area (Å²) in [6.07, 6.45) is 1.14. The molecule has 2 aliphatic heterocycles. The number of likely N-dealkylation sites (N-methyl/N-ethyl adjacent to an activating group) is 1. The van der Waals surface area contributed by atoms with Crippen LogP contribution in [0, 0.1) is 17.8 Å². The number of hydrogen-bond donors (Lipinski definition) is 1. The molecule has 1 N–H and O–H groups in total. The number of aliphatic carboxylic acids is 1. The Labute approximate surface area is 119 Å². The van der Waals surface area contributed by atoms with Gasteiger partial charge in [0.2, 0.25) is 0 Å². The maximum Gasteiger partial charge on any atom is 0.320 e. The highest BCUT2D eigenvalue weighted by atomic mass is 16.5. The molecule has 2 saturated heterocycles. The van der Waals surface area contributed by atoms with E-state index in [0.717, 1.165) is 19.5 Å². The van der Waals surface area contributed by atoms with Gasteiger partial charge in [0.25, 0.3) is 0 Å². The van der Waals surface area contributed by atoms with Crippen LogP contribution in [0.3, 0.4) is 0 Å². The third-order valence-corrected chi connectivity index (χ3v) is 4.31. The molecule has 0 aromatic carbocycles. The summed E-state index contributed by atoms with van der Waals surface area (Å²) in [5.41, 5.74) is 0. The average molecular weight is 284 g/mol. The lowest BCUT2D eigenvalue weighted by atomic mass is 9.92. The van der Waals surface area contributed by atoms with Crippen LogP contribution in [-0.4, -0.2) is 66.3 Å². The zero-order chi connectivity index (χ0) is 14.9. The number of hydrogen-bond acceptors (Lipinski definition) is 3. The Bertz CT molecular complexity index is 377. The second kappa shape index (κ2) is 5.99. The van der Waals surface area contributed by atoms with Crippen molar-refractivity contribution in [1.82, 2.24) is 9.80 Å². The molecule has 4 unspecified atom stereocenters. The minimum absolute atomic E-state index is 0.0786. The molecule has 2 heterocycles. The lowest BCUT2D eigenvalue weighted by Crippen LogP contribution is -2.53. The Morgan fingerprint density at radius 3 is 2.35 bits per heavy atom. The monoisotopic (exact) mass is 284 g/mol. The van der Waals surface area contributed by atoms with E-state index in [9.17, 15) is 14.7 Å². The molecule has 20 heavy (non-hydrogen) atoms. The number of urea groups is 1. The van der Waals surface area contributed by atoms with Gasteiger partial charge in [0, 0.05) is 20.1 Å². The second-order valence-corrected chi connectivity index (χ2v) is 6.29. The molecule has 0 radical (unpaired) electrons. The first kappa shape index (κ1) is 15.1. The molecule has 0 spiro atoms. The van der Waals surface area contributed by atoms with Crippen molar-refractivity contribution in [2.45, 2.75) is 26.3 Å². The zero-order valence-corrected chi connectivity index (χ0v) is 12.4. The minimum Gasteiger partial charge on any atom is -0.481 e. The summed E-state index contributed by atoms with van der Waals surface area (Å²) in [6.45, 7) is 6.28. The highest BCUT2D eigenvalue weighted by Crippen LogP contribution is 2.24. The van der Waals surface area contributed by atoms with Crippen molar-refractivity contribution in [3.8, 4) is 0 Å². The Morgan fingerprint density at radius 1 is 1.20 bits per heavy atom. The topological polar surface area (TPSA) is 70.1 Å². The zero-order valence-electron chi connectivity index (χ0n) is 12.4. The van der Waals surface area contributed by atoms with Gasteiger partial charge in [0.05, 0.1) is 19.3 Å². The predicted molar refractivity (Wildman–Crippen MR) is 73.4 cm³/mol.